The SMILES string of the molecule is CC(C)COC(=O)OC(=O)CCC(=O)O[C@@H]1C=C2CC[C@@H]3[C@H](CC[C@]4(C)[C@@H](c5ccc(=O)oc5)CC[C@]34O)[C@@]2(C)CC1. The van der Waals surface area contributed by atoms with Gasteiger partial charge in [-0.2, -0.15) is 0 Å². The molecule has 1 heterocycles. The number of esters is 2. The van der Waals surface area contributed by atoms with Crippen LogP contribution in [0.3, 0.4) is 0 Å². The van der Waals surface area contributed by atoms with E-state index in [1.54, 1.807) is 6.26 Å². The lowest BCUT2D eigenvalue weighted by Gasteiger charge is -2.61. The van der Waals surface area contributed by atoms with Crippen molar-refractivity contribution in [3.63, 3.8) is 0 Å². The average molecular weight is 585 g/mol. The van der Waals surface area contributed by atoms with Gasteiger partial charge in [-0.05, 0) is 98.2 Å². The number of aliphatic hydroxyl groups is 1. The summed E-state index contributed by atoms with van der Waals surface area (Å²) < 4.78 is 20.3. The normalized spacial score (nSPS) is 35.3. The topological polar surface area (TPSA) is 129 Å². The molecule has 0 amide bonds. The molecule has 1 aromatic rings. The van der Waals surface area contributed by atoms with Crippen LogP contribution in [-0.4, -0.2) is 41.5 Å². The summed E-state index contributed by atoms with van der Waals surface area (Å²) in [7, 11) is 0. The number of carbonyl (C=O) groups excluding carboxylic acids is 3. The average Bonchev–Trinajstić information content (AvgIpc) is 3.22. The van der Waals surface area contributed by atoms with Crippen molar-refractivity contribution in [3.05, 3.63) is 46.0 Å². The zero-order valence-corrected chi connectivity index (χ0v) is 25.2. The van der Waals surface area contributed by atoms with E-state index in [-0.39, 0.29) is 59.8 Å². The summed E-state index contributed by atoms with van der Waals surface area (Å²) in [4.78, 5) is 47.5. The van der Waals surface area contributed by atoms with Crippen LogP contribution in [0, 0.1) is 28.6 Å². The monoisotopic (exact) mass is 584 g/mol. The highest BCUT2D eigenvalue weighted by molar-refractivity contribution is 5.84. The molecular weight excluding hydrogens is 540 g/mol. The van der Waals surface area contributed by atoms with Crippen molar-refractivity contribution < 1.29 is 38.1 Å². The van der Waals surface area contributed by atoms with Gasteiger partial charge >= 0.3 is 23.7 Å². The summed E-state index contributed by atoms with van der Waals surface area (Å²) in [6, 6.07) is 3.33. The second-order valence-electron chi connectivity index (χ2n) is 13.7. The molecule has 4 aliphatic rings. The zero-order valence-electron chi connectivity index (χ0n) is 25.2. The maximum Gasteiger partial charge on any atom is 0.516 e. The summed E-state index contributed by atoms with van der Waals surface area (Å²) in [6.45, 7) is 8.42. The summed E-state index contributed by atoms with van der Waals surface area (Å²) in [5.41, 5.74) is 0.793. The summed E-state index contributed by atoms with van der Waals surface area (Å²) in [5, 5.41) is 12.4. The van der Waals surface area contributed by atoms with Crippen LogP contribution in [0.1, 0.15) is 103 Å². The van der Waals surface area contributed by atoms with Crippen molar-refractivity contribution in [3.8, 4) is 0 Å². The van der Waals surface area contributed by atoms with Gasteiger partial charge in [-0.15, -0.1) is 0 Å². The molecule has 1 N–H and O–H groups in total. The van der Waals surface area contributed by atoms with Crippen LogP contribution in [0.5, 0.6) is 0 Å². The maximum atomic E-state index is 12.5. The number of ether oxygens (including phenoxy) is 3. The van der Waals surface area contributed by atoms with Gasteiger partial charge in [0.1, 0.15) is 6.10 Å². The largest absolute Gasteiger partial charge is 0.516 e. The van der Waals surface area contributed by atoms with Gasteiger partial charge in [-0.1, -0.05) is 33.3 Å². The van der Waals surface area contributed by atoms with Gasteiger partial charge in [0.25, 0.3) is 0 Å². The second-order valence-corrected chi connectivity index (χ2v) is 13.7. The van der Waals surface area contributed by atoms with Crippen LogP contribution < -0.4 is 5.63 Å². The lowest BCUT2D eigenvalue weighted by Crippen LogP contribution is -2.60. The van der Waals surface area contributed by atoms with E-state index in [0.717, 1.165) is 50.5 Å². The van der Waals surface area contributed by atoms with E-state index in [2.05, 4.69) is 24.7 Å². The molecule has 3 fully saturated rings. The number of carbonyl (C=O) groups is 3. The third kappa shape index (κ3) is 5.56. The van der Waals surface area contributed by atoms with Crippen LogP contribution in [-0.2, 0) is 23.8 Å². The molecule has 0 aliphatic heterocycles. The van der Waals surface area contributed by atoms with E-state index >= 15 is 0 Å². The predicted molar refractivity (Wildman–Crippen MR) is 152 cm³/mol. The zero-order chi connectivity index (χ0) is 30.3. The Bertz CT molecular complexity index is 1280. The first-order chi connectivity index (χ1) is 19.9. The first kappa shape index (κ1) is 30.5. The van der Waals surface area contributed by atoms with Crippen molar-refractivity contribution >= 4 is 18.1 Å². The molecule has 0 radical (unpaired) electrons. The van der Waals surface area contributed by atoms with Crippen molar-refractivity contribution in [1.29, 1.82) is 0 Å². The van der Waals surface area contributed by atoms with Crippen LogP contribution in [0.4, 0.5) is 4.79 Å². The molecule has 42 heavy (non-hydrogen) atoms. The molecule has 0 unspecified atom stereocenters. The number of allylic oxidation sites excluding steroid dienone is 1. The van der Waals surface area contributed by atoms with Gasteiger partial charge in [0.05, 0.1) is 31.3 Å². The molecule has 0 bridgehead atoms. The fourth-order valence-electron chi connectivity index (χ4n) is 8.70. The third-order valence-electron chi connectivity index (χ3n) is 10.9. The van der Waals surface area contributed by atoms with E-state index in [1.807, 2.05) is 19.9 Å². The minimum atomic E-state index is -1.05. The Balaban J connectivity index is 1.20. The predicted octanol–water partition coefficient (Wildman–Crippen LogP) is 5.83. The smallest absolute Gasteiger partial charge is 0.458 e. The van der Waals surface area contributed by atoms with Crippen LogP contribution in [0.15, 0.2) is 39.3 Å². The van der Waals surface area contributed by atoms with Crippen molar-refractivity contribution in [2.45, 2.75) is 110 Å². The van der Waals surface area contributed by atoms with Crippen molar-refractivity contribution in [2.75, 3.05) is 6.61 Å². The molecule has 0 aromatic carbocycles. The number of hydrogen-bond donors (Lipinski definition) is 1. The fraction of sp³-hybridized carbons (Fsp3) is 0.697. The molecule has 3 saturated carbocycles. The van der Waals surface area contributed by atoms with Crippen LogP contribution in [0.25, 0.3) is 0 Å². The molecule has 1 aromatic heterocycles. The molecule has 4 aliphatic carbocycles. The molecule has 230 valence electrons. The Morgan fingerprint density at radius 1 is 1.00 bits per heavy atom. The van der Waals surface area contributed by atoms with Gasteiger partial charge in [0.15, 0.2) is 0 Å². The molecular formula is C33H44O9. The quantitative estimate of drug-likeness (QED) is 0.239. The summed E-state index contributed by atoms with van der Waals surface area (Å²) in [6.07, 6.45) is 8.63. The highest BCUT2D eigenvalue weighted by Gasteiger charge is 2.66. The maximum absolute atomic E-state index is 12.5. The summed E-state index contributed by atoms with van der Waals surface area (Å²) in [5.74, 6) is -0.536. The first-order valence-electron chi connectivity index (χ1n) is 15.4. The summed E-state index contributed by atoms with van der Waals surface area (Å²) >= 11 is 0. The fourth-order valence-corrected chi connectivity index (χ4v) is 8.70. The van der Waals surface area contributed by atoms with E-state index in [0.29, 0.717) is 12.3 Å². The molecule has 5 rings (SSSR count). The standard InChI is InChI=1S/C33H44O9/c1-20(2)18-40-30(37)42-29(36)10-9-28(35)41-23-11-14-31(3)22(17-23)6-7-26-25(31)12-15-32(4)24(13-16-33(26,32)38)21-5-8-27(34)39-19-21/h5,8,17,19-20,23-26,38H,6-7,9-16,18H2,1-4H3/t23-,24+,25-,26+,31-,32+,33-/m0/s1. The van der Waals surface area contributed by atoms with Gasteiger partial charge in [-0.25, -0.2) is 9.59 Å². The first-order valence-corrected chi connectivity index (χ1v) is 15.4. The van der Waals surface area contributed by atoms with Crippen LogP contribution >= 0.6 is 0 Å². The lowest BCUT2D eigenvalue weighted by atomic mass is 9.45. The minimum Gasteiger partial charge on any atom is -0.458 e. The molecule has 0 spiro atoms. The van der Waals surface area contributed by atoms with E-state index in [4.69, 9.17) is 13.9 Å². The molecule has 7 atom stereocenters. The Morgan fingerprint density at radius 2 is 1.76 bits per heavy atom. The third-order valence-corrected chi connectivity index (χ3v) is 10.9. The molecule has 0 saturated heterocycles. The van der Waals surface area contributed by atoms with Crippen molar-refractivity contribution in [2.24, 2.45) is 28.6 Å². The molecule has 9 nitrogen and oxygen atoms in total. The number of fused-ring (bicyclic) bond motifs is 5. The number of hydrogen-bond acceptors (Lipinski definition) is 9. The molecule has 9 heteroatoms. The van der Waals surface area contributed by atoms with Crippen molar-refractivity contribution in [1.82, 2.24) is 0 Å². The highest BCUT2D eigenvalue weighted by atomic mass is 16.7. The Hall–Kier alpha value is -2.94. The van der Waals surface area contributed by atoms with Gasteiger partial charge in [0.2, 0.25) is 0 Å². The Kier molecular flexibility index (Phi) is 8.45. The Labute approximate surface area is 247 Å². The van der Waals surface area contributed by atoms with Gasteiger partial charge in [0, 0.05) is 11.5 Å². The lowest BCUT2D eigenvalue weighted by molar-refractivity contribution is -0.178. The van der Waals surface area contributed by atoms with E-state index in [9.17, 15) is 24.3 Å². The van der Waals surface area contributed by atoms with Gasteiger partial charge in [-0.3, -0.25) is 9.59 Å². The second kappa shape index (κ2) is 11.6. The van der Waals surface area contributed by atoms with Crippen LogP contribution in [0.2, 0.25) is 0 Å². The minimum absolute atomic E-state index is 0.0688. The van der Waals surface area contributed by atoms with E-state index < -0.39 is 23.7 Å². The Morgan fingerprint density at radius 3 is 2.48 bits per heavy atom. The number of rotatable bonds is 7. The highest BCUT2D eigenvalue weighted by Crippen LogP contribution is 2.70. The van der Waals surface area contributed by atoms with E-state index in [1.165, 1.54) is 11.6 Å². The van der Waals surface area contributed by atoms with Gasteiger partial charge < -0.3 is 23.7 Å².